The molecular weight excluding hydrogens is 295 g/mol. The molecule has 0 aliphatic carbocycles. The van der Waals surface area contributed by atoms with Gasteiger partial charge in [0, 0.05) is 0 Å². The van der Waals surface area contributed by atoms with Crippen molar-refractivity contribution >= 4 is 5.90 Å². The molecule has 0 amide bonds. The fourth-order valence-electron chi connectivity index (χ4n) is 1.14. The molecule has 0 bridgehead atoms. The highest BCUT2D eigenvalue weighted by Crippen LogP contribution is 2.47. The van der Waals surface area contributed by atoms with Crippen molar-refractivity contribution in [3.8, 4) is 0 Å². The summed E-state index contributed by atoms with van der Waals surface area (Å²) in [5.74, 6) is -14.6. The molecule has 2 nitrogen and oxygen atoms in total. The molecule has 1 N–H and O–H groups in total. The minimum absolute atomic E-state index is 0.239. The number of benzene rings is 1. The van der Waals surface area contributed by atoms with Crippen LogP contribution in [0.3, 0.4) is 0 Å². The van der Waals surface area contributed by atoms with Crippen LogP contribution in [0.25, 0.3) is 0 Å². The van der Waals surface area contributed by atoms with Gasteiger partial charge in [0.2, 0.25) is 0 Å². The molecule has 0 spiro atoms. The lowest BCUT2D eigenvalue weighted by molar-refractivity contribution is -0.339. The van der Waals surface area contributed by atoms with E-state index in [0.717, 1.165) is 0 Å². The van der Waals surface area contributed by atoms with Crippen molar-refractivity contribution in [3.05, 3.63) is 35.9 Å². The quantitative estimate of drug-likeness (QED) is 0.509. The van der Waals surface area contributed by atoms with Crippen LogP contribution in [0.2, 0.25) is 0 Å². The van der Waals surface area contributed by atoms with Crippen LogP contribution in [0.1, 0.15) is 5.56 Å². The van der Waals surface area contributed by atoms with Gasteiger partial charge in [-0.1, -0.05) is 30.3 Å². The van der Waals surface area contributed by atoms with Crippen molar-refractivity contribution in [2.45, 2.75) is 24.6 Å². The summed E-state index contributed by atoms with van der Waals surface area (Å²) in [5.41, 5.74) is 0.239. The van der Waals surface area contributed by atoms with E-state index in [1.165, 1.54) is 24.3 Å². The van der Waals surface area contributed by atoms with Crippen molar-refractivity contribution in [1.29, 1.82) is 5.41 Å². The van der Waals surface area contributed by atoms with E-state index in [0.29, 0.717) is 0 Å². The van der Waals surface area contributed by atoms with E-state index in [2.05, 4.69) is 4.74 Å². The van der Waals surface area contributed by atoms with E-state index in [1.807, 2.05) is 0 Å². The Labute approximate surface area is 108 Å². The molecule has 0 aliphatic heterocycles. The van der Waals surface area contributed by atoms with Crippen molar-refractivity contribution in [2.75, 3.05) is 0 Å². The van der Waals surface area contributed by atoms with E-state index in [4.69, 9.17) is 5.41 Å². The topological polar surface area (TPSA) is 33.1 Å². The third kappa shape index (κ3) is 3.02. The largest absolute Gasteiger partial charge is 0.472 e. The molecule has 0 heterocycles. The number of alkyl halides is 7. The Balaban J connectivity index is 2.80. The van der Waals surface area contributed by atoms with E-state index >= 15 is 0 Å². The monoisotopic (exact) mass is 303 g/mol. The minimum atomic E-state index is -6.49. The van der Waals surface area contributed by atoms with Crippen LogP contribution < -0.4 is 0 Å². The summed E-state index contributed by atoms with van der Waals surface area (Å²) >= 11 is 0. The second-order valence-corrected chi connectivity index (χ2v) is 3.75. The summed E-state index contributed by atoms with van der Waals surface area (Å²) in [6, 6.07) is 7.26. The van der Waals surface area contributed by atoms with Crippen LogP contribution in [0.4, 0.5) is 30.7 Å². The van der Waals surface area contributed by atoms with Crippen molar-refractivity contribution < 1.29 is 35.5 Å². The van der Waals surface area contributed by atoms with Crippen LogP contribution in [-0.2, 0) is 11.3 Å². The second kappa shape index (κ2) is 5.29. The van der Waals surface area contributed by atoms with Gasteiger partial charge in [-0.05, 0) is 5.56 Å². The van der Waals surface area contributed by atoms with Crippen LogP contribution in [-0.4, -0.2) is 23.9 Å². The molecule has 1 aromatic carbocycles. The van der Waals surface area contributed by atoms with Gasteiger partial charge in [0.05, 0.1) is 0 Å². The van der Waals surface area contributed by atoms with Gasteiger partial charge < -0.3 is 4.74 Å². The summed E-state index contributed by atoms with van der Waals surface area (Å²) in [6.07, 6.45) is -6.49. The maximum atomic E-state index is 13.0. The fourth-order valence-corrected chi connectivity index (χ4v) is 1.14. The van der Waals surface area contributed by atoms with E-state index < -0.39 is 30.5 Å². The third-order valence-electron chi connectivity index (χ3n) is 2.26. The Bertz CT molecular complexity index is 469. The number of halogens is 7. The Hall–Kier alpha value is -1.80. The molecule has 0 aromatic heterocycles. The van der Waals surface area contributed by atoms with E-state index in [9.17, 15) is 30.7 Å². The first-order chi connectivity index (χ1) is 9.00. The highest BCUT2D eigenvalue weighted by molar-refractivity contribution is 5.81. The lowest BCUT2D eigenvalue weighted by Gasteiger charge is -2.27. The fraction of sp³-hybridized carbons (Fsp3) is 0.364. The van der Waals surface area contributed by atoms with Gasteiger partial charge in [-0.2, -0.15) is 30.7 Å². The van der Waals surface area contributed by atoms with Crippen molar-refractivity contribution in [3.63, 3.8) is 0 Å². The average Bonchev–Trinajstić information content (AvgIpc) is 2.35. The maximum absolute atomic E-state index is 13.0. The number of nitrogens with one attached hydrogen (secondary N) is 1. The Morgan fingerprint density at radius 2 is 1.45 bits per heavy atom. The first kappa shape index (κ1) is 16.3. The van der Waals surface area contributed by atoms with Crippen LogP contribution >= 0.6 is 0 Å². The Morgan fingerprint density at radius 3 is 1.90 bits per heavy atom. The molecule has 0 aliphatic rings. The van der Waals surface area contributed by atoms with Crippen LogP contribution in [0, 0.1) is 5.41 Å². The van der Waals surface area contributed by atoms with Gasteiger partial charge in [0.25, 0.3) is 5.90 Å². The maximum Gasteiger partial charge on any atom is 0.460 e. The zero-order chi connectivity index (χ0) is 15.6. The number of rotatable bonds is 4. The van der Waals surface area contributed by atoms with Gasteiger partial charge in [0.1, 0.15) is 6.61 Å². The number of hydrogen-bond acceptors (Lipinski definition) is 2. The SMILES string of the molecule is N=C(OCc1ccccc1)C(F)(F)C(F)(F)C(F)(F)F. The average molecular weight is 303 g/mol. The second-order valence-electron chi connectivity index (χ2n) is 3.75. The molecule has 1 rings (SSSR count). The van der Waals surface area contributed by atoms with Gasteiger partial charge in [-0.15, -0.1) is 0 Å². The lowest BCUT2D eigenvalue weighted by Crippen LogP contribution is -2.56. The summed E-state index contributed by atoms with van der Waals surface area (Å²) in [7, 11) is 0. The predicted molar refractivity (Wildman–Crippen MR) is 54.9 cm³/mol. The standard InChI is InChI=1S/C11H8F7NO/c12-9(13,10(14,15)11(16,17)18)8(19)20-6-7-4-2-1-3-5-7/h1-5,19H,6H2. The normalized spacial score (nSPS) is 13.2. The molecule has 20 heavy (non-hydrogen) atoms. The molecule has 0 atom stereocenters. The molecular formula is C11H8F7NO. The summed E-state index contributed by atoms with van der Waals surface area (Å²) in [4.78, 5) is 0. The van der Waals surface area contributed by atoms with Crippen LogP contribution in [0.15, 0.2) is 30.3 Å². The molecule has 0 saturated heterocycles. The van der Waals surface area contributed by atoms with Gasteiger partial charge in [-0.3, -0.25) is 5.41 Å². The summed E-state index contributed by atoms with van der Waals surface area (Å²) in [6.45, 7) is -0.719. The first-order valence-electron chi connectivity index (χ1n) is 5.08. The molecule has 0 radical (unpaired) electrons. The first-order valence-corrected chi connectivity index (χ1v) is 5.08. The summed E-state index contributed by atoms with van der Waals surface area (Å²) in [5, 5.41) is 6.62. The Morgan fingerprint density at radius 1 is 0.950 bits per heavy atom. The lowest BCUT2D eigenvalue weighted by atomic mass is 10.1. The molecule has 112 valence electrons. The number of ether oxygens (including phenoxy) is 1. The van der Waals surface area contributed by atoms with Gasteiger partial charge in [0.15, 0.2) is 0 Å². The van der Waals surface area contributed by atoms with Crippen molar-refractivity contribution in [2.24, 2.45) is 0 Å². The molecule has 0 saturated carbocycles. The van der Waals surface area contributed by atoms with E-state index in [-0.39, 0.29) is 5.56 Å². The highest BCUT2D eigenvalue weighted by atomic mass is 19.4. The Kier molecular flexibility index (Phi) is 4.30. The zero-order valence-electron chi connectivity index (χ0n) is 9.65. The molecule has 0 unspecified atom stereocenters. The van der Waals surface area contributed by atoms with Gasteiger partial charge in [-0.25, -0.2) is 0 Å². The van der Waals surface area contributed by atoms with Crippen LogP contribution in [0.5, 0.6) is 0 Å². The molecule has 9 heteroatoms. The molecule has 0 fully saturated rings. The third-order valence-corrected chi connectivity index (χ3v) is 2.26. The molecule has 1 aromatic rings. The number of hydrogen-bond donors (Lipinski definition) is 1. The van der Waals surface area contributed by atoms with Gasteiger partial charge >= 0.3 is 18.0 Å². The van der Waals surface area contributed by atoms with E-state index in [1.54, 1.807) is 6.07 Å². The minimum Gasteiger partial charge on any atom is -0.472 e. The highest BCUT2D eigenvalue weighted by Gasteiger charge is 2.75. The smallest absolute Gasteiger partial charge is 0.460 e. The zero-order valence-corrected chi connectivity index (χ0v) is 9.65. The predicted octanol–water partition coefficient (Wildman–Crippen LogP) is 4.01. The van der Waals surface area contributed by atoms with Crippen molar-refractivity contribution in [1.82, 2.24) is 0 Å². The summed E-state index contributed by atoms with van der Waals surface area (Å²) < 4.78 is 90.8.